The summed E-state index contributed by atoms with van der Waals surface area (Å²) in [6.07, 6.45) is 3.23. The fraction of sp³-hybridized carbons (Fsp3) is 1.00. The molecular weight excluding hydrogens is 162 g/mol. The van der Waals surface area contributed by atoms with Crippen molar-refractivity contribution in [1.29, 1.82) is 0 Å². The van der Waals surface area contributed by atoms with Crippen LogP contribution >= 0.6 is 0 Å². The van der Waals surface area contributed by atoms with Gasteiger partial charge in [0.25, 0.3) is 0 Å². The number of unbranched alkanes of at least 4 members (excludes halogenated alkanes) is 2. The molecule has 2 N–H and O–H groups in total. The summed E-state index contributed by atoms with van der Waals surface area (Å²) in [5.74, 6) is 0. The molecule has 2 heteroatoms. The van der Waals surface area contributed by atoms with Crippen molar-refractivity contribution >= 4 is 0 Å². The van der Waals surface area contributed by atoms with Crippen molar-refractivity contribution in [3.8, 4) is 0 Å². The van der Waals surface area contributed by atoms with E-state index in [0.29, 0.717) is 18.1 Å². The SMILES string of the molecule is CC(NCCCCCO)C(C)(C)C. The molecule has 1 atom stereocenters. The molecule has 0 aromatic rings. The summed E-state index contributed by atoms with van der Waals surface area (Å²) in [4.78, 5) is 0. The highest BCUT2D eigenvalue weighted by atomic mass is 16.2. The van der Waals surface area contributed by atoms with Gasteiger partial charge in [0, 0.05) is 12.6 Å². The summed E-state index contributed by atoms with van der Waals surface area (Å²) in [6.45, 7) is 10.4. The summed E-state index contributed by atoms with van der Waals surface area (Å²) in [6, 6.07) is 0.557. The van der Waals surface area contributed by atoms with E-state index >= 15 is 0 Å². The van der Waals surface area contributed by atoms with Crippen molar-refractivity contribution in [2.45, 2.75) is 53.0 Å². The summed E-state index contributed by atoms with van der Waals surface area (Å²) in [5, 5.41) is 12.1. The number of aliphatic hydroxyl groups excluding tert-OH is 1. The van der Waals surface area contributed by atoms with Gasteiger partial charge in [-0.25, -0.2) is 0 Å². The first-order valence-electron chi connectivity index (χ1n) is 5.32. The zero-order valence-electron chi connectivity index (χ0n) is 9.56. The molecule has 0 radical (unpaired) electrons. The van der Waals surface area contributed by atoms with Crippen molar-refractivity contribution in [1.82, 2.24) is 5.32 Å². The number of hydrogen-bond acceptors (Lipinski definition) is 2. The summed E-state index contributed by atoms with van der Waals surface area (Å²) in [5.41, 5.74) is 0.344. The third-order valence-corrected chi connectivity index (χ3v) is 2.58. The van der Waals surface area contributed by atoms with Gasteiger partial charge in [-0.1, -0.05) is 20.8 Å². The van der Waals surface area contributed by atoms with Crippen LogP contribution in [0.5, 0.6) is 0 Å². The van der Waals surface area contributed by atoms with Gasteiger partial charge >= 0.3 is 0 Å². The van der Waals surface area contributed by atoms with Crippen LogP contribution in [-0.4, -0.2) is 24.3 Å². The number of aliphatic hydroxyl groups is 1. The van der Waals surface area contributed by atoms with Gasteiger partial charge in [0.2, 0.25) is 0 Å². The molecule has 13 heavy (non-hydrogen) atoms. The molecule has 0 spiro atoms. The van der Waals surface area contributed by atoms with Crippen molar-refractivity contribution in [2.24, 2.45) is 5.41 Å². The van der Waals surface area contributed by atoms with E-state index in [0.717, 1.165) is 19.4 Å². The second kappa shape index (κ2) is 6.39. The Labute approximate surface area is 82.7 Å². The van der Waals surface area contributed by atoms with Crippen LogP contribution in [0.4, 0.5) is 0 Å². The van der Waals surface area contributed by atoms with Gasteiger partial charge in [0.15, 0.2) is 0 Å². The summed E-state index contributed by atoms with van der Waals surface area (Å²) < 4.78 is 0. The molecular formula is C11H25NO. The van der Waals surface area contributed by atoms with Crippen LogP contribution < -0.4 is 5.32 Å². The molecule has 2 nitrogen and oxygen atoms in total. The van der Waals surface area contributed by atoms with Gasteiger partial charge < -0.3 is 10.4 Å². The lowest BCUT2D eigenvalue weighted by molar-refractivity contribution is 0.272. The van der Waals surface area contributed by atoms with Crippen LogP contribution in [0.1, 0.15) is 47.0 Å². The molecule has 0 heterocycles. The lowest BCUT2D eigenvalue weighted by Crippen LogP contribution is -2.38. The lowest BCUT2D eigenvalue weighted by atomic mass is 9.88. The Hall–Kier alpha value is -0.0800. The standard InChI is InChI=1S/C11H25NO/c1-10(11(2,3)4)12-8-6-5-7-9-13/h10,12-13H,5-9H2,1-4H3. The minimum Gasteiger partial charge on any atom is -0.396 e. The Morgan fingerprint density at radius 1 is 1.15 bits per heavy atom. The van der Waals surface area contributed by atoms with Crippen LogP contribution in [0.15, 0.2) is 0 Å². The van der Waals surface area contributed by atoms with E-state index in [-0.39, 0.29) is 0 Å². The van der Waals surface area contributed by atoms with Crippen LogP contribution in [-0.2, 0) is 0 Å². The lowest BCUT2D eigenvalue weighted by Gasteiger charge is -2.28. The van der Waals surface area contributed by atoms with Gasteiger partial charge in [-0.2, -0.15) is 0 Å². The van der Waals surface area contributed by atoms with Gasteiger partial charge in [-0.05, 0) is 38.1 Å². The highest BCUT2D eigenvalue weighted by Crippen LogP contribution is 2.18. The topological polar surface area (TPSA) is 32.3 Å². The van der Waals surface area contributed by atoms with Gasteiger partial charge in [-0.3, -0.25) is 0 Å². The van der Waals surface area contributed by atoms with E-state index in [1.165, 1.54) is 6.42 Å². The van der Waals surface area contributed by atoms with Crippen molar-refractivity contribution in [3.63, 3.8) is 0 Å². The normalized spacial score (nSPS) is 14.5. The fourth-order valence-electron chi connectivity index (χ4n) is 1.04. The molecule has 0 fully saturated rings. The zero-order valence-corrected chi connectivity index (χ0v) is 9.56. The van der Waals surface area contributed by atoms with Crippen LogP contribution in [0.2, 0.25) is 0 Å². The maximum atomic E-state index is 8.58. The molecule has 0 saturated carbocycles. The fourth-order valence-corrected chi connectivity index (χ4v) is 1.04. The third kappa shape index (κ3) is 7.03. The Morgan fingerprint density at radius 3 is 2.23 bits per heavy atom. The molecule has 0 rings (SSSR count). The molecule has 80 valence electrons. The molecule has 0 aliphatic heterocycles. The summed E-state index contributed by atoms with van der Waals surface area (Å²) >= 11 is 0. The van der Waals surface area contributed by atoms with Crippen molar-refractivity contribution in [3.05, 3.63) is 0 Å². The van der Waals surface area contributed by atoms with Gasteiger partial charge in [-0.15, -0.1) is 0 Å². The molecule has 1 unspecified atom stereocenters. The largest absolute Gasteiger partial charge is 0.396 e. The first-order valence-corrected chi connectivity index (χ1v) is 5.32. The highest BCUT2D eigenvalue weighted by molar-refractivity contribution is 4.75. The van der Waals surface area contributed by atoms with Crippen LogP contribution in [0.25, 0.3) is 0 Å². The smallest absolute Gasteiger partial charge is 0.0431 e. The number of hydrogen-bond donors (Lipinski definition) is 2. The highest BCUT2D eigenvalue weighted by Gasteiger charge is 2.18. The third-order valence-electron chi connectivity index (χ3n) is 2.58. The Balaban J connectivity index is 3.32. The molecule has 0 saturated heterocycles. The van der Waals surface area contributed by atoms with Crippen molar-refractivity contribution < 1.29 is 5.11 Å². The predicted octanol–water partition coefficient (Wildman–Crippen LogP) is 2.17. The van der Waals surface area contributed by atoms with E-state index in [1.54, 1.807) is 0 Å². The monoisotopic (exact) mass is 187 g/mol. The Kier molecular flexibility index (Phi) is 6.35. The molecule has 0 aromatic carbocycles. The van der Waals surface area contributed by atoms with E-state index in [9.17, 15) is 0 Å². The first-order chi connectivity index (χ1) is 5.98. The van der Waals surface area contributed by atoms with E-state index < -0.39 is 0 Å². The average Bonchev–Trinajstić information content (AvgIpc) is 2.02. The average molecular weight is 187 g/mol. The maximum Gasteiger partial charge on any atom is 0.0431 e. The quantitative estimate of drug-likeness (QED) is 0.625. The minimum atomic E-state index is 0.328. The molecule has 0 amide bonds. The minimum absolute atomic E-state index is 0.328. The first kappa shape index (κ1) is 12.9. The van der Waals surface area contributed by atoms with Crippen molar-refractivity contribution in [2.75, 3.05) is 13.2 Å². The number of rotatable bonds is 6. The molecule has 0 aliphatic carbocycles. The zero-order chi connectivity index (χ0) is 10.3. The Bertz CT molecular complexity index is 118. The van der Waals surface area contributed by atoms with E-state index in [2.05, 4.69) is 33.0 Å². The van der Waals surface area contributed by atoms with E-state index in [4.69, 9.17) is 5.11 Å². The molecule has 0 bridgehead atoms. The number of nitrogens with one attached hydrogen (secondary N) is 1. The molecule has 0 aromatic heterocycles. The summed E-state index contributed by atoms with van der Waals surface area (Å²) in [7, 11) is 0. The second-order valence-electron chi connectivity index (χ2n) is 4.83. The van der Waals surface area contributed by atoms with Crippen LogP contribution in [0, 0.1) is 5.41 Å². The predicted molar refractivity (Wildman–Crippen MR) is 57.9 cm³/mol. The molecule has 0 aliphatic rings. The van der Waals surface area contributed by atoms with Crippen LogP contribution in [0.3, 0.4) is 0 Å². The van der Waals surface area contributed by atoms with E-state index in [1.807, 2.05) is 0 Å². The van der Waals surface area contributed by atoms with Gasteiger partial charge in [0.05, 0.1) is 0 Å². The van der Waals surface area contributed by atoms with Gasteiger partial charge in [0.1, 0.15) is 0 Å². The maximum absolute atomic E-state index is 8.58. The second-order valence-corrected chi connectivity index (χ2v) is 4.83. The Morgan fingerprint density at radius 2 is 1.77 bits per heavy atom.